The number of benzene rings is 3. The van der Waals surface area contributed by atoms with Crippen LogP contribution in [0.4, 0.5) is 5.82 Å². The van der Waals surface area contributed by atoms with Gasteiger partial charge >= 0.3 is 0 Å². The van der Waals surface area contributed by atoms with Gasteiger partial charge in [0.1, 0.15) is 11.6 Å². The molecule has 31 heavy (non-hydrogen) atoms. The van der Waals surface area contributed by atoms with Crippen molar-refractivity contribution in [3.05, 3.63) is 72.6 Å². The second-order valence-corrected chi connectivity index (χ2v) is 9.12. The van der Waals surface area contributed by atoms with Crippen molar-refractivity contribution in [3.63, 3.8) is 0 Å². The van der Waals surface area contributed by atoms with Gasteiger partial charge in [-0.05, 0) is 23.6 Å². The van der Waals surface area contributed by atoms with E-state index in [0.717, 1.165) is 35.2 Å². The first-order chi connectivity index (χ1) is 15.1. The Hall–Kier alpha value is -3.07. The molecule has 0 saturated carbocycles. The number of nitrogens with zero attached hydrogens (tertiary/aromatic N) is 3. The molecule has 0 aliphatic carbocycles. The zero-order chi connectivity index (χ0) is 21.3. The fraction of sp³-hybridized carbons (Fsp3) is 0.217. The van der Waals surface area contributed by atoms with Gasteiger partial charge in [0, 0.05) is 23.9 Å². The summed E-state index contributed by atoms with van der Waals surface area (Å²) >= 11 is 0. The number of morpholine rings is 1. The molecule has 0 radical (unpaired) electrons. The Kier molecular flexibility index (Phi) is 5.27. The molecule has 8 heteroatoms. The number of aromatic nitrogens is 2. The minimum absolute atomic E-state index is 0.00767. The van der Waals surface area contributed by atoms with Gasteiger partial charge in [-0.15, -0.1) is 0 Å². The van der Waals surface area contributed by atoms with Gasteiger partial charge in [-0.25, -0.2) is 23.1 Å². The lowest BCUT2D eigenvalue weighted by molar-refractivity contribution is 0.122. The summed E-state index contributed by atoms with van der Waals surface area (Å²) in [6.07, 6.45) is 0. The zero-order valence-electron chi connectivity index (χ0n) is 16.9. The molecule has 3 aromatic carbocycles. The van der Waals surface area contributed by atoms with Crippen LogP contribution in [0.25, 0.3) is 21.7 Å². The molecular formula is C23H22N4O3S. The average molecular weight is 435 g/mol. The molecule has 1 fully saturated rings. The summed E-state index contributed by atoms with van der Waals surface area (Å²) in [6.45, 7) is 2.76. The van der Waals surface area contributed by atoms with Crippen LogP contribution in [0.2, 0.25) is 0 Å². The predicted molar refractivity (Wildman–Crippen MR) is 121 cm³/mol. The number of hydrogen-bond donors (Lipinski definition) is 1. The van der Waals surface area contributed by atoms with Crippen LogP contribution in [0.15, 0.2) is 71.6 Å². The highest BCUT2D eigenvalue weighted by molar-refractivity contribution is 7.89. The van der Waals surface area contributed by atoms with E-state index in [0.29, 0.717) is 24.4 Å². The van der Waals surface area contributed by atoms with Gasteiger partial charge in [0.2, 0.25) is 10.0 Å². The minimum Gasteiger partial charge on any atom is -0.378 e. The van der Waals surface area contributed by atoms with Gasteiger partial charge in [0.25, 0.3) is 0 Å². The lowest BCUT2D eigenvalue weighted by atomic mass is 10.1. The quantitative estimate of drug-likeness (QED) is 0.520. The maximum atomic E-state index is 13.1. The van der Waals surface area contributed by atoms with Gasteiger partial charge in [0.15, 0.2) is 0 Å². The van der Waals surface area contributed by atoms with Crippen LogP contribution in [0, 0.1) is 0 Å². The predicted octanol–water partition coefficient (Wildman–Crippen LogP) is 3.10. The summed E-state index contributed by atoms with van der Waals surface area (Å²) in [5.74, 6) is 1.25. The molecule has 1 N–H and O–H groups in total. The highest BCUT2D eigenvalue weighted by Gasteiger charge is 2.20. The molecule has 0 amide bonds. The summed E-state index contributed by atoms with van der Waals surface area (Å²) in [4.78, 5) is 11.7. The topological polar surface area (TPSA) is 84.4 Å². The molecule has 4 aromatic rings. The Balaban J connectivity index is 1.48. The third-order valence-corrected chi connectivity index (χ3v) is 6.86. The molecule has 158 valence electrons. The summed E-state index contributed by atoms with van der Waals surface area (Å²) in [5, 5.41) is 2.51. The molecule has 5 rings (SSSR count). The van der Waals surface area contributed by atoms with Gasteiger partial charge in [-0.3, -0.25) is 0 Å². The molecule has 0 unspecified atom stereocenters. The van der Waals surface area contributed by atoms with Crippen molar-refractivity contribution in [1.29, 1.82) is 0 Å². The van der Waals surface area contributed by atoms with Crippen LogP contribution in [-0.2, 0) is 21.3 Å². The molecule has 0 bridgehead atoms. The standard InChI is InChI=1S/C23H22N4O3S/c28-31(29,21-11-5-7-17-6-1-2-8-18(17)21)24-16-22-25-20-10-4-3-9-19(20)23(26-22)27-12-14-30-15-13-27/h1-11,24H,12-16H2. The number of anilines is 1. The zero-order valence-corrected chi connectivity index (χ0v) is 17.7. The third-order valence-electron chi connectivity index (χ3n) is 5.40. The van der Waals surface area contributed by atoms with Crippen LogP contribution >= 0.6 is 0 Å². The van der Waals surface area contributed by atoms with Crippen LogP contribution in [0.3, 0.4) is 0 Å². The average Bonchev–Trinajstić information content (AvgIpc) is 2.82. The monoisotopic (exact) mass is 434 g/mol. The Labute approximate surface area is 180 Å². The molecule has 1 aromatic heterocycles. The summed E-state index contributed by atoms with van der Waals surface area (Å²) < 4.78 is 34.3. The van der Waals surface area contributed by atoms with Crippen LogP contribution in [0.5, 0.6) is 0 Å². The van der Waals surface area contributed by atoms with Crippen molar-refractivity contribution in [2.45, 2.75) is 11.4 Å². The first kappa shape index (κ1) is 19.9. The molecule has 1 aliphatic heterocycles. The van der Waals surface area contributed by atoms with Gasteiger partial charge in [-0.1, -0.05) is 48.5 Å². The molecule has 1 aliphatic rings. The molecule has 7 nitrogen and oxygen atoms in total. The van der Waals surface area contributed by atoms with Crippen molar-refractivity contribution >= 4 is 37.5 Å². The van der Waals surface area contributed by atoms with Crippen molar-refractivity contribution in [2.24, 2.45) is 0 Å². The Morgan fingerprint density at radius 1 is 0.871 bits per heavy atom. The SMILES string of the molecule is O=S(=O)(NCc1nc(N2CCOCC2)c2ccccc2n1)c1cccc2ccccc12. The van der Waals surface area contributed by atoms with Crippen LogP contribution in [0.1, 0.15) is 5.82 Å². The summed E-state index contributed by atoms with van der Waals surface area (Å²) in [5.41, 5.74) is 0.790. The molecule has 1 saturated heterocycles. The maximum Gasteiger partial charge on any atom is 0.241 e. The van der Waals surface area contributed by atoms with E-state index >= 15 is 0 Å². The number of sulfonamides is 1. The highest BCUT2D eigenvalue weighted by Crippen LogP contribution is 2.26. The fourth-order valence-electron chi connectivity index (χ4n) is 3.87. The van der Waals surface area contributed by atoms with E-state index in [-0.39, 0.29) is 11.4 Å². The number of fused-ring (bicyclic) bond motifs is 2. The molecular weight excluding hydrogens is 412 g/mol. The van der Waals surface area contributed by atoms with Crippen LogP contribution in [-0.4, -0.2) is 44.7 Å². The lowest BCUT2D eigenvalue weighted by Gasteiger charge is -2.29. The lowest BCUT2D eigenvalue weighted by Crippen LogP contribution is -2.37. The smallest absolute Gasteiger partial charge is 0.241 e. The first-order valence-corrected chi connectivity index (χ1v) is 11.7. The Morgan fingerprint density at radius 3 is 2.42 bits per heavy atom. The van der Waals surface area contributed by atoms with Crippen molar-refractivity contribution < 1.29 is 13.2 Å². The van der Waals surface area contributed by atoms with Crippen molar-refractivity contribution in [2.75, 3.05) is 31.2 Å². The van der Waals surface area contributed by atoms with Crippen molar-refractivity contribution in [1.82, 2.24) is 14.7 Å². The number of hydrogen-bond acceptors (Lipinski definition) is 6. The largest absolute Gasteiger partial charge is 0.378 e. The number of nitrogens with one attached hydrogen (secondary N) is 1. The van der Waals surface area contributed by atoms with E-state index in [4.69, 9.17) is 9.72 Å². The molecule has 0 atom stereocenters. The number of rotatable bonds is 5. The second-order valence-electron chi connectivity index (χ2n) is 7.38. The summed E-state index contributed by atoms with van der Waals surface area (Å²) in [6, 6.07) is 20.5. The number of para-hydroxylation sites is 1. The number of ether oxygens (including phenoxy) is 1. The highest BCUT2D eigenvalue weighted by atomic mass is 32.2. The van der Waals surface area contributed by atoms with E-state index in [2.05, 4.69) is 14.6 Å². The molecule has 0 spiro atoms. The van der Waals surface area contributed by atoms with E-state index in [1.54, 1.807) is 12.1 Å². The first-order valence-electron chi connectivity index (χ1n) is 10.2. The van der Waals surface area contributed by atoms with Crippen LogP contribution < -0.4 is 9.62 Å². The van der Waals surface area contributed by atoms with Gasteiger partial charge in [-0.2, -0.15) is 0 Å². The summed E-state index contributed by atoms with van der Waals surface area (Å²) in [7, 11) is -3.74. The molecule has 2 heterocycles. The van der Waals surface area contributed by atoms with E-state index in [1.807, 2.05) is 54.6 Å². The van der Waals surface area contributed by atoms with E-state index in [9.17, 15) is 8.42 Å². The minimum atomic E-state index is -3.74. The Morgan fingerprint density at radius 2 is 1.58 bits per heavy atom. The van der Waals surface area contributed by atoms with Gasteiger partial charge in [0.05, 0.1) is 30.2 Å². The van der Waals surface area contributed by atoms with Gasteiger partial charge < -0.3 is 9.64 Å². The fourth-order valence-corrected chi connectivity index (χ4v) is 5.08. The maximum absolute atomic E-state index is 13.1. The van der Waals surface area contributed by atoms with E-state index in [1.165, 1.54) is 0 Å². The normalized spacial score (nSPS) is 14.9. The van der Waals surface area contributed by atoms with Crippen molar-refractivity contribution in [3.8, 4) is 0 Å². The second kappa shape index (κ2) is 8.22. The van der Waals surface area contributed by atoms with E-state index < -0.39 is 10.0 Å². The Bertz CT molecular complexity index is 1350. The third kappa shape index (κ3) is 3.97.